The van der Waals surface area contributed by atoms with Gasteiger partial charge in [0.2, 0.25) is 5.91 Å². The average Bonchev–Trinajstić information content (AvgIpc) is 2.74. The number of sulfone groups is 1. The predicted octanol–water partition coefficient (Wildman–Crippen LogP) is 1.52. The normalized spacial score (nSPS) is 11.8. The summed E-state index contributed by atoms with van der Waals surface area (Å²) in [6.45, 7) is 0.143. The van der Waals surface area contributed by atoms with Crippen LogP contribution in [-0.4, -0.2) is 44.5 Å². The van der Waals surface area contributed by atoms with Crippen LogP contribution in [-0.2, 0) is 32.5 Å². The van der Waals surface area contributed by atoms with Crippen molar-refractivity contribution in [3.63, 3.8) is 0 Å². The molecule has 0 aromatic heterocycles. The van der Waals surface area contributed by atoms with Crippen molar-refractivity contribution in [1.82, 2.24) is 10.6 Å². The van der Waals surface area contributed by atoms with Gasteiger partial charge in [0, 0.05) is 18.5 Å². The number of amides is 4. The van der Waals surface area contributed by atoms with Crippen molar-refractivity contribution < 1.29 is 27.5 Å². The van der Waals surface area contributed by atoms with E-state index < -0.39 is 33.9 Å². The van der Waals surface area contributed by atoms with Crippen LogP contribution < -0.4 is 21.7 Å². The predicted molar refractivity (Wildman–Crippen MR) is 119 cm³/mol. The Morgan fingerprint density at radius 3 is 2.25 bits per heavy atom. The summed E-state index contributed by atoms with van der Waals surface area (Å²) in [6, 6.07) is 13.8. The smallest absolute Gasteiger partial charge is 0.408 e. The number of benzene rings is 2. The van der Waals surface area contributed by atoms with E-state index in [0.29, 0.717) is 5.69 Å². The molecule has 32 heavy (non-hydrogen) atoms. The van der Waals surface area contributed by atoms with Gasteiger partial charge < -0.3 is 26.4 Å². The number of rotatable bonds is 10. The van der Waals surface area contributed by atoms with Gasteiger partial charge in [-0.15, -0.1) is 0 Å². The molecule has 1 atom stereocenters. The van der Waals surface area contributed by atoms with E-state index in [-0.39, 0.29) is 25.3 Å². The van der Waals surface area contributed by atoms with Gasteiger partial charge in [-0.1, -0.05) is 42.5 Å². The Hall–Kier alpha value is -3.60. The van der Waals surface area contributed by atoms with Crippen LogP contribution in [0, 0.1) is 0 Å². The van der Waals surface area contributed by atoms with Gasteiger partial charge in [0.1, 0.15) is 22.5 Å². The Morgan fingerprint density at radius 2 is 1.66 bits per heavy atom. The highest BCUT2D eigenvalue weighted by Gasteiger charge is 2.23. The lowest BCUT2D eigenvalue weighted by molar-refractivity contribution is -0.123. The van der Waals surface area contributed by atoms with Crippen LogP contribution in [0.15, 0.2) is 54.6 Å². The maximum atomic E-state index is 12.6. The minimum Gasteiger partial charge on any atom is -0.445 e. The first kappa shape index (κ1) is 24.7. The summed E-state index contributed by atoms with van der Waals surface area (Å²) in [7, 11) is -3.34. The molecule has 10 nitrogen and oxygen atoms in total. The zero-order chi connectivity index (χ0) is 23.6. The number of nitrogens with one attached hydrogen (secondary N) is 3. The van der Waals surface area contributed by atoms with Gasteiger partial charge in [-0.2, -0.15) is 0 Å². The Labute approximate surface area is 186 Å². The minimum absolute atomic E-state index is 0.0127. The summed E-state index contributed by atoms with van der Waals surface area (Å²) in [5.74, 6) is -0.831. The van der Waals surface area contributed by atoms with Gasteiger partial charge in [0.05, 0.1) is 5.75 Å². The van der Waals surface area contributed by atoms with Crippen LogP contribution in [0.3, 0.4) is 0 Å². The maximum Gasteiger partial charge on any atom is 0.408 e. The van der Waals surface area contributed by atoms with E-state index in [1.165, 1.54) is 0 Å². The second-order valence-corrected chi connectivity index (χ2v) is 9.34. The quantitative estimate of drug-likeness (QED) is 0.419. The highest BCUT2D eigenvalue weighted by molar-refractivity contribution is 7.90. The lowest BCUT2D eigenvalue weighted by atomic mass is 10.1. The van der Waals surface area contributed by atoms with Crippen molar-refractivity contribution in [1.29, 1.82) is 0 Å². The average molecular weight is 463 g/mol. The lowest BCUT2D eigenvalue weighted by Crippen LogP contribution is -2.47. The number of ether oxygens (including phenoxy) is 1. The van der Waals surface area contributed by atoms with Crippen LogP contribution in [0.4, 0.5) is 15.3 Å². The molecule has 172 valence electrons. The highest BCUT2D eigenvalue weighted by atomic mass is 32.2. The molecule has 5 N–H and O–H groups in total. The fourth-order valence-electron chi connectivity index (χ4n) is 2.67. The third-order valence-corrected chi connectivity index (χ3v) is 5.26. The number of alkyl carbamates (subject to hydrolysis) is 1. The van der Waals surface area contributed by atoms with E-state index in [9.17, 15) is 22.8 Å². The third-order valence-electron chi connectivity index (χ3n) is 4.29. The Bertz CT molecular complexity index is 1030. The molecule has 0 heterocycles. The Balaban J connectivity index is 1.94. The van der Waals surface area contributed by atoms with E-state index in [4.69, 9.17) is 10.5 Å². The fourth-order valence-corrected chi connectivity index (χ4v) is 3.33. The van der Waals surface area contributed by atoms with Crippen molar-refractivity contribution in [2.45, 2.75) is 25.6 Å². The summed E-state index contributed by atoms with van der Waals surface area (Å²) in [4.78, 5) is 35.6. The number of urea groups is 1. The number of carbonyl (C=O) groups excluding carboxylic acids is 3. The van der Waals surface area contributed by atoms with E-state index in [0.717, 1.165) is 17.4 Å². The number of nitrogens with two attached hydrogens (primary N) is 1. The molecule has 0 radical (unpaired) electrons. The minimum atomic E-state index is -3.34. The maximum absolute atomic E-state index is 12.6. The molecule has 0 fully saturated rings. The second kappa shape index (κ2) is 11.7. The molecule has 2 aromatic carbocycles. The van der Waals surface area contributed by atoms with Crippen molar-refractivity contribution in [3.8, 4) is 0 Å². The summed E-state index contributed by atoms with van der Waals surface area (Å²) >= 11 is 0. The van der Waals surface area contributed by atoms with Crippen molar-refractivity contribution >= 4 is 33.6 Å². The number of carbonyl (C=O) groups is 3. The topological polar surface area (TPSA) is 157 Å². The number of anilines is 1. The summed E-state index contributed by atoms with van der Waals surface area (Å²) < 4.78 is 28.2. The Kier molecular flexibility index (Phi) is 9.02. The van der Waals surface area contributed by atoms with Gasteiger partial charge in [-0.25, -0.2) is 18.0 Å². The molecule has 0 unspecified atom stereocenters. The molecule has 2 aromatic rings. The molecule has 0 bridgehead atoms. The van der Waals surface area contributed by atoms with Crippen molar-refractivity contribution in [3.05, 3.63) is 65.7 Å². The van der Waals surface area contributed by atoms with E-state index >= 15 is 0 Å². The molecular formula is C21H26N4O6S. The van der Waals surface area contributed by atoms with Crippen LogP contribution in [0.25, 0.3) is 0 Å². The zero-order valence-corrected chi connectivity index (χ0v) is 18.4. The molecule has 0 aliphatic rings. The monoisotopic (exact) mass is 462 g/mol. The van der Waals surface area contributed by atoms with Crippen LogP contribution in [0.1, 0.15) is 17.5 Å². The molecular weight excluding hydrogens is 436 g/mol. The van der Waals surface area contributed by atoms with Crippen LogP contribution in [0.5, 0.6) is 0 Å². The molecule has 11 heteroatoms. The van der Waals surface area contributed by atoms with E-state index in [1.54, 1.807) is 48.5 Å². The largest absolute Gasteiger partial charge is 0.445 e. The first-order chi connectivity index (χ1) is 15.1. The summed E-state index contributed by atoms with van der Waals surface area (Å²) in [6.07, 6.45) is 0.119. The zero-order valence-electron chi connectivity index (χ0n) is 17.5. The highest BCUT2D eigenvalue weighted by Crippen LogP contribution is 2.09. The number of primary amides is 1. The van der Waals surface area contributed by atoms with E-state index in [1.807, 2.05) is 6.07 Å². The van der Waals surface area contributed by atoms with Gasteiger partial charge >= 0.3 is 12.1 Å². The van der Waals surface area contributed by atoms with Gasteiger partial charge in [0.25, 0.3) is 0 Å². The van der Waals surface area contributed by atoms with Crippen LogP contribution in [0.2, 0.25) is 0 Å². The van der Waals surface area contributed by atoms with Gasteiger partial charge in [-0.05, 0) is 29.7 Å². The third kappa shape index (κ3) is 9.47. The first-order valence-corrected chi connectivity index (χ1v) is 11.8. The molecule has 0 aliphatic carbocycles. The SMILES string of the molecule is CS(=O)(=O)CC[C@H](NC(=O)OCc1ccccc1)C(=O)NCc1ccc(NC(N)=O)cc1. The molecule has 4 amide bonds. The first-order valence-electron chi connectivity index (χ1n) is 9.70. The van der Waals surface area contributed by atoms with Gasteiger partial charge in [-0.3, -0.25) is 4.79 Å². The molecule has 0 aliphatic heterocycles. The lowest BCUT2D eigenvalue weighted by Gasteiger charge is -2.18. The second-order valence-electron chi connectivity index (χ2n) is 7.08. The van der Waals surface area contributed by atoms with Crippen molar-refractivity contribution in [2.24, 2.45) is 5.73 Å². The summed E-state index contributed by atoms with van der Waals surface area (Å²) in [5.41, 5.74) is 7.05. The Morgan fingerprint density at radius 1 is 1.00 bits per heavy atom. The molecule has 0 spiro atoms. The number of hydrogen-bond acceptors (Lipinski definition) is 6. The van der Waals surface area contributed by atoms with E-state index in [2.05, 4.69) is 16.0 Å². The molecule has 0 saturated carbocycles. The van der Waals surface area contributed by atoms with Crippen LogP contribution >= 0.6 is 0 Å². The molecule has 2 rings (SSSR count). The number of hydrogen-bond donors (Lipinski definition) is 4. The fraction of sp³-hybridized carbons (Fsp3) is 0.286. The van der Waals surface area contributed by atoms with Gasteiger partial charge in [0.15, 0.2) is 0 Å². The summed E-state index contributed by atoms with van der Waals surface area (Å²) in [5, 5.41) is 7.51. The standard InChI is InChI=1S/C21H26N4O6S/c1-32(29,30)12-11-18(25-21(28)31-14-16-5-3-2-4-6-16)19(26)23-13-15-7-9-17(10-8-15)24-20(22)27/h2-10,18H,11-14H2,1H3,(H,23,26)(H,25,28)(H3,22,24,27)/t18-/m0/s1. The van der Waals surface area contributed by atoms with Crippen molar-refractivity contribution in [2.75, 3.05) is 17.3 Å². The molecule has 0 saturated heterocycles.